The van der Waals surface area contributed by atoms with E-state index in [9.17, 15) is 4.79 Å². The summed E-state index contributed by atoms with van der Waals surface area (Å²) in [5.41, 5.74) is 2.15. The molecule has 7 heteroatoms. The molecule has 0 bridgehead atoms. The smallest absolute Gasteiger partial charge is 0.227 e. The van der Waals surface area contributed by atoms with Crippen molar-refractivity contribution in [2.45, 2.75) is 32.3 Å². The van der Waals surface area contributed by atoms with E-state index in [1.54, 1.807) is 0 Å². The summed E-state index contributed by atoms with van der Waals surface area (Å²) in [5, 5.41) is 6.88. The van der Waals surface area contributed by atoms with Crippen molar-refractivity contribution in [1.29, 1.82) is 0 Å². The first-order chi connectivity index (χ1) is 14.2. The van der Waals surface area contributed by atoms with Gasteiger partial charge in [-0.15, -0.1) is 0 Å². The van der Waals surface area contributed by atoms with Crippen LogP contribution in [0.5, 0.6) is 11.5 Å². The number of hydrogen-bond donors (Lipinski definition) is 1. The lowest BCUT2D eigenvalue weighted by Crippen LogP contribution is -2.40. The molecule has 4 rings (SSSR count). The summed E-state index contributed by atoms with van der Waals surface area (Å²) >= 11 is 0. The molecule has 2 aromatic carbocycles. The van der Waals surface area contributed by atoms with Gasteiger partial charge >= 0.3 is 0 Å². The first-order valence-corrected chi connectivity index (χ1v) is 9.78. The van der Waals surface area contributed by atoms with Crippen LogP contribution in [0.15, 0.2) is 53.1 Å². The van der Waals surface area contributed by atoms with Crippen molar-refractivity contribution in [3.63, 3.8) is 0 Å². The van der Waals surface area contributed by atoms with Gasteiger partial charge in [0.15, 0.2) is 11.5 Å². The lowest BCUT2D eigenvalue weighted by Gasteiger charge is -2.26. The van der Waals surface area contributed by atoms with Crippen molar-refractivity contribution in [3.05, 3.63) is 60.0 Å². The molecule has 0 unspecified atom stereocenters. The highest BCUT2D eigenvalue weighted by molar-refractivity contribution is 5.76. The van der Waals surface area contributed by atoms with E-state index >= 15 is 0 Å². The fourth-order valence-electron chi connectivity index (χ4n) is 3.06. The van der Waals surface area contributed by atoms with Crippen LogP contribution in [-0.4, -0.2) is 35.3 Å². The van der Waals surface area contributed by atoms with Crippen molar-refractivity contribution < 1.29 is 18.8 Å². The van der Waals surface area contributed by atoms with Crippen LogP contribution in [0.1, 0.15) is 24.8 Å². The van der Waals surface area contributed by atoms with E-state index < -0.39 is 0 Å². The van der Waals surface area contributed by atoms with E-state index in [4.69, 9.17) is 14.0 Å². The molecule has 29 heavy (non-hydrogen) atoms. The summed E-state index contributed by atoms with van der Waals surface area (Å²) in [6.45, 7) is 2.89. The molecule has 0 spiro atoms. The van der Waals surface area contributed by atoms with Crippen molar-refractivity contribution in [2.24, 2.45) is 0 Å². The average Bonchev–Trinajstić information content (AvgIpc) is 3.25. The molecule has 0 saturated heterocycles. The van der Waals surface area contributed by atoms with Crippen LogP contribution < -0.4 is 14.8 Å². The Morgan fingerprint density at radius 3 is 2.72 bits per heavy atom. The first kappa shape index (κ1) is 19.0. The van der Waals surface area contributed by atoms with Crippen LogP contribution in [-0.2, 0) is 17.6 Å². The molecule has 2 heterocycles. The van der Waals surface area contributed by atoms with Gasteiger partial charge in [-0.2, -0.15) is 4.98 Å². The van der Waals surface area contributed by atoms with Crippen LogP contribution in [0.3, 0.4) is 0 Å². The second-order valence-electron chi connectivity index (χ2n) is 6.86. The van der Waals surface area contributed by atoms with E-state index in [2.05, 4.69) is 22.4 Å². The molecule has 3 aromatic rings. The number of hydrogen-bond acceptors (Lipinski definition) is 6. The number of ether oxygens (including phenoxy) is 2. The van der Waals surface area contributed by atoms with Gasteiger partial charge in [-0.1, -0.05) is 48.5 Å². The highest BCUT2D eigenvalue weighted by atomic mass is 16.6. The van der Waals surface area contributed by atoms with Crippen molar-refractivity contribution in [3.8, 4) is 22.9 Å². The van der Waals surface area contributed by atoms with Crippen molar-refractivity contribution in [2.75, 3.05) is 13.2 Å². The van der Waals surface area contributed by atoms with Gasteiger partial charge in [0, 0.05) is 18.4 Å². The summed E-state index contributed by atoms with van der Waals surface area (Å²) in [6.07, 6.45) is 1.42. The molecular formula is C22H23N3O4. The molecule has 0 saturated carbocycles. The average molecular weight is 393 g/mol. The Morgan fingerprint density at radius 1 is 1.14 bits per heavy atom. The number of aryl methyl sites for hydroxylation is 2. The Labute approximate surface area is 169 Å². The molecule has 150 valence electrons. The molecule has 1 N–H and O–H groups in total. The zero-order valence-electron chi connectivity index (χ0n) is 16.3. The quantitative estimate of drug-likeness (QED) is 0.663. The van der Waals surface area contributed by atoms with E-state index in [1.807, 2.05) is 48.5 Å². The maximum absolute atomic E-state index is 12.2. The van der Waals surface area contributed by atoms with Crippen LogP contribution >= 0.6 is 0 Å². The van der Waals surface area contributed by atoms with Gasteiger partial charge in [0.25, 0.3) is 0 Å². The topological polar surface area (TPSA) is 86.5 Å². The van der Waals surface area contributed by atoms with E-state index in [0.29, 0.717) is 37.0 Å². The third-order valence-corrected chi connectivity index (χ3v) is 4.75. The van der Waals surface area contributed by atoms with Crippen LogP contribution in [0.4, 0.5) is 0 Å². The molecule has 1 atom stereocenters. The summed E-state index contributed by atoms with van der Waals surface area (Å²) in [4.78, 5) is 16.5. The lowest BCUT2D eigenvalue weighted by atomic mass is 10.1. The van der Waals surface area contributed by atoms with E-state index in [0.717, 1.165) is 17.7 Å². The van der Waals surface area contributed by atoms with E-state index in [-0.39, 0.29) is 18.4 Å². The van der Waals surface area contributed by atoms with Gasteiger partial charge in [0.1, 0.15) is 12.7 Å². The summed E-state index contributed by atoms with van der Waals surface area (Å²) in [6, 6.07) is 15.6. The summed E-state index contributed by atoms with van der Waals surface area (Å²) < 4.78 is 16.8. The Bertz CT molecular complexity index is 968. The Morgan fingerprint density at radius 2 is 1.93 bits per heavy atom. The Hall–Kier alpha value is -3.35. The van der Waals surface area contributed by atoms with Gasteiger partial charge in [-0.25, -0.2) is 0 Å². The van der Waals surface area contributed by atoms with Crippen LogP contribution in [0, 0.1) is 0 Å². The minimum absolute atomic E-state index is 0.0977. The third kappa shape index (κ3) is 4.74. The van der Waals surface area contributed by atoms with Gasteiger partial charge in [0.2, 0.25) is 17.6 Å². The second kappa shape index (κ2) is 8.77. The number of amides is 1. The number of para-hydroxylation sites is 2. The number of nitrogens with zero attached hydrogens (tertiary/aromatic N) is 2. The summed E-state index contributed by atoms with van der Waals surface area (Å²) in [5.74, 6) is 2.31. The highest BCUT2D eigenvalue weighted by Gasteiger charge is 2.21. The maximum Gasteiger partial charge on any atom is 0.227 e. The minimum atomic E-state index is -0.213. The highest BCUT2D eigenvalue weighted by Crippen LogP contribution is 2.30. The SMILES string of the molecule is CCc1ccc(-c2noc(CCC(=O)NC[C@H]3COc4ccccc4O3)n2)cc1. The minimum Gasteiger partial charge on any atom is -0.486 e. The number of aromatic nitrogens is 2. The molecule has 7 nitrogen and oxygen atoms in total. The molecular weight excluding hydrogens is 370 g/mol. The van der Waals surface area contributed by atoms with Gasteiger partial charge < -0.3 is 19.3 Å². The van der Waals surface area contributed by atoms with Gasteiger partial charge in [-0.3, -0.25) is 4.79 Å². The number of nitrogens with one attached hydrogen (secondary N) is 1. The number of carbonyl (C=O) groups excluding carboxylic acids is 1. The monoisotopic (exact) mass is 393 g/mol. The van der Waals surface area contributed by atoms with Crippen LogP contribution in [0.25, 0.3) is 11.4 Å². The van der Waals surface area contributed by atoms with Crippen molar-refractivity contribution in [1.82, 2.24) is 15.5 Å². The Kier molecular flexibility index (Phi) is 5.74. The fourth-order valence-corrected chi connectivity index (χ4v) is 3.06. The van der Waals surface area contributed by atoms with Crippen molar-refractivity contribution >= 4 is 5.91 Å². The maximum atomic E-state index is 12.2. The predicted molar refractivity (Wildman–Crippen MR) is 107 cm³/mol. The number of fused-ring (bicyclic) bond motifs is 1. The lowest BCUT2D eigenvalue weighted by molar-refractivity contribution is -0.121. The molecule has 0 fully saturated rings. The fraction of sp³-hybridized carbons (Fsp3) is 0.318. The van der Waals surface area contributed by atoms with Gasteiger partial charge in [0.05, 0.1) is 6.54 Å². The number of benzene rings is 2. The molecule has 1 amide bonds. The zero-order valence-corrected chi connectivity index (χ0v) is 16.3. The second-order valence-corrected chi connectivity index (χ2v) is 6.86. The first-order valence-electron chi connectivity index (χ1n) is 9.78. The normalized spacial score (nSPS) is 15.1. The van der Waals surface area contributed by atoms with E-state index in [1.165, 1.54) is 5.56 Å². The number of carbonyl (C=O) groups is 1. The molecule has 0 aliphatic carbocycles. The standard InChI is InChI=1S/C22H23N3O4/c1-2-15-7-9-16(10-8-15)22-24-21(29-25-22)12-11-20(26)23-13-17-14-27-18-5-3-4-6-19(18)28-17/h3-10,17H,2,11-14H2,1H3,(H,23,26)/t17-/m0/s1. The Balaban J connectivity index is 1.23. The zero-order chi connectivity index (χ0) is 20.1. The molecule has 1 aliphatic heterocycles. The molecule has 1 aliphatic rings. The van der Waals surface area contributed by atoms with Crippen LogP contribution in [0.2, 0.25) is 0 Å². The van der Waals surface area contributed by atoms with Gasteiger partial charge in [-0.05, 0) is 24.1 Å². The molecule has 0 radical (unpaired) electrons. The molecule has 1 aromatic heterocycles. The third-order valence-electron chi connectivity index (χ3n) is 4.75. The number of rotatable bonds is 7. The largest absolute Gasteiger partial charge is 0.486 e. The predicted octanol–water partition coefficient (Wildman–Crippen LogP) is 3.19. The summed E-state index contributed by atoms with van der Waals surface area (Å²) in [7, 11) is 0.